The van der Waals surface area contributed by atoms with Gasteiger partial charge in [0.2, 0.25) is 5.91 Å². The Morgan fingerprint density at radius 2 is 1.94 bits per heavy atom. The van der Waals surface area contributed by atoms with Gasteiger partial charge >= 0.3 is 6.03 Å². The van der Waals surface area contributed by atoms with Gasteiger partial charge < -0.3 is 15.4 Å². The van der Waals surface area contributed by atoms with Gasteiger partial charge in [0.05, 0.1) is 0 Å². The lowest BCUT2D eigenvalue weighted by Gasteiger charge is -2.36. The van der Waals surface area contributed by atoms with Crippen molar-refractivity contribution in [2.45, 2.75) is 45.1 Å². The van der Waals surface area contributed by atoms with Crippen LogP contribution in [-0.2, 0) is 9.59 Å². The Kier molecular flexibility index (Phi) is 5.67. The number of ether oxygens (including phenoxy) is 1. The van der Waals surface area contributed by atoms with Crippen molar-refractivity contribution in [1.29, 1.82) is 0 Å². The monoisotopic (exact) mass is 421 g/mol. The van der Waals surface area contributed by atoms with E-state index in [4.69, 9.17) is 4.74 Å². The first-order valence-corrected chi connectivity index (χ1v) is 10.7. The lowest BCUT2D eigenvalue weighted by atomic mass is 9.73. The number of imide groups is 1. The number of benzene rings is 2. The minimum atomic E-state index is -0.857. The second kappa shape index (κ2) is 8.41. The number of anilines is 1. The summed E-state index contributed by atoms with van der Waals surface area (Å²) in [5, 5.41) is 5.61. The van der Waals surface area contributed by atoms with E-state index in [9.17, 15) is 14.4 Å². The molecule has 1 saturated heterocycles. The molecule has 7 nitrogen and oxygen atoms in total. The van der Waals surface area contributed by atoms with Gasteiger partial charge in [0.1, 0.15) is 23.6 Å². The van der Waals surface area contributed by atoms with Crippen LogP contribution in [0.15, 0.2) is 48.5 Å². The Morgan fingerprint density at radius 3 is 2.65 bits per heavy atom. The fraction of sp³-hybridized carbons (Fsp3) is 0.375. The minimum Gasteiger partial charge on any atom is -0.457 e. The topological polar surface area (TPSA) is 87.7 Å². The average molecular weight is 421 g/mol. The Morgan fingerprint density at radius 1 is 1.16 bits per heavy atom. The summed E-state index contributed by atoms with van der Waals surface area (Å²) >= 11 is 0. The Hall–Kier alpha value is -3.35. The lowest BCUT2D eigenvalue weighted by molar-refractivity contribution is -0.136. The zero-order valence-corrected chi connectivity index (χ0v) is 17.8. The van der Waals surface area contributed by atoms with Crippen LogP contribution in [0.2, 0.25) is 0 Å². The fourth-order valence-corrected chi connectivity index (χ4v) is 4.40. The van der Waals surface area contributed by atoms with Crippen LogP contribution in [0, 0.1) is 12.8 Å². The second-order valence-electron chi connectivity index (χ2n) is 8.43. The fourth-order valence-electron chi connectivity index (χ4n) is 4.40. The number of amides is 4. The van der Waals surface area contributed by atoms with E-state index >= 15 is 0 Å². The van der Waals surface area contributed by atoms with E-state index in [1.54, 1.807) is 24.3 Å². The van der Waals surface area contributed by atoms with E-state index in [0.29, 0.717) is 17.9 Å². The standard InChI is InChI=1S/C24H27N3O4/c1-16-6-5-8-20(14-16)31-19-11-9-18(10-12-19)25-21(28)15-27-22(29)24(26-23(27)30)13-4-3-7-17(24)2/h5-6,8-12,14,17H,3-4,7,13,15H2,1-2H3,(H,25,28)(H,26,30)/t17-,24+/m0/s1. The molecule has 2 atom stereocenters. The van der Waals surface area contributed by atoms with Crippen LogP contribution >= 0.6 is 0 Å². The molecule has 2 N–H and O–H groups in total. The van der Waals surface area contributed by atoms with E-state index in [2.05, 4.69) is 10.6 Å². The summed E-state index contributed by atoms with van der Waals surface area (Å²) in [4.78, 5) is 39.0. The molecule has 1 heterocycles. The van der Waals surface area contributed by atoms with Crippen molar-refractivity contribution in [2.24, 2.45) is 5.92 Å². The molecule has 4 rings (SSSR count). The molecule has 0 unspecified atom stereocenters. The SMILES string of the molecule is Cc1cccc(Oc2ccc(NC(=O)CN3C(=O)N[C@@]4(CCCC[C@@H]4C)C3=O)cc2)c1. The van der Waals surface area contributed by atoms with E-state index in [-0.39, 0.29) is 18.4 Å². The first-order valence-electron chi connectivity index (χ1n) is 10.7. The van der Waals surface area contributed by atoms with Gasteiger partial charge in [-0.05, 0) is 67.6 Å². The molecule has 2 fully saturated rings. The predicted molar refractivity (Wildman–Crippen MR) is 117 cm³/mol. The van der Waals surface area contributed by atoms with E-state index < -0.39 is 17.5 Å². The number of aryl methyl sites for hydroxylation is 1. The number of carbonyl (C=O) groups is 3. The zero-order chi connectivity index (χ0) is 22.0. The minimum absolute atomic E-state index is 0.0618. The maximum Gasteiger partial charge on any atom is 0.325 e. The third-order valence-electron chi connectivity index (χ3n) is 6.17. The van der Waals surface area contributed by atoms with Crippen molar-refractivity contribution in [3.8, 4) is 11.5 Å². The van der Waals surface area contributed by atoms with Crippen LogP contribution in [0.4, 0.5) is 10.5 Å². The number of hydrogen-bond donors (Lipinski definition) is 2. The van der Waals surface area contributed by atoms with E-state index in [1.807, 2.05) is 38.1 Å². The highest BCUT2D eigenvalue weighted by atomic mass is 16.5. The van der Waals surface area contributed by atoms with E-state index in [0.717, 1.165) is 35.5 Å². The molecular formula is C24H27N3O4. The quantitative estimate of drug-likeness (QED) is 0.708. The molecule has 0 aromatic heterocycles. The molecular weight excluding hydrogens is 394 g/mol. The number of nitrogens with zero attached hydrogens (tertiary/aromatic N) is 1. The number of urea groups is 1. The summed E-state index contributed by atoms with van der Waals surface area (Å²) in [6.07, 6.45) is 3.46. The first-order chi connectivity index (χ1) is 14.9. The molecule has 2 aliphatic rings. The first kappa shape index (κ1) is 20.9. The van der Waals surface area contributed by atoms with Gasteiger partial charge in [-0.25, -0.2) is 4.79 Å². The van der Waals surface area contributed by atoms with Gasteiger partial charge in [0, 0.05) is 5.69 Å². The molecule has 2 aromatic rings. The molecule has 4 amide bonds. The van der Waals surface area contributed by atoms with Crippen molar-refractivity contribution in [3.05, 3.63) is 54.1 Å². The van der Waals surface area contributed by atoms with Crippen LogP contribution in [0.25, 0.3) is 0 Å². The lowest BCUT2D eigenvalue weighted by Crippen LogP contribution is -2.54. The zero-order valence-electron chi connectivity index (χ0n) is 17.8. The molecule has 1 aliphatic carbocycles. The Labute approximate surface area is 181 Å². The van der Waals surface area contributed by atoms with Gasteiger partial charge in [0.25, 0.3) is 5.91 Å². The number of hydrogen-bond acceptors (Lipinski definition) is 4. The molecule has 0 bridgehead atoms. The van der Waals surface area contributed by atoms with Gasteiger partial charge in [0.15, 0.2) is 0 Å². The van der Waals surface area contributed by atoms with Crippen LogP contribution in [0.1, 0.15) is 38.2 Å². The number of rotatable bonds is 5. The van der Waals surface area contributed by atoms with E-state index in [1.165, 1.54) is 0 Å². The van der Waals surface area contributed by atoms with Gasteiger partial charge in [-0.3, -0.25) is 14.5 Å². The van der Waals surface area contributed by atoms with Gasteiger partial charge in [-0.15, -0.1) is 0 Å². The molecule has 1 saturated carbocycles. The molecule has 162 valence electrons. The largest absolute Gasteiger partial charge is 0.457 e. The average Bonchev–Trinajstić information content (AvgIpc) is 2.97. The molecule has 1 spiro atoms. The molecule has 7 heteroatoms. The highest BCUT2D eigenvalue weighted by molar-refractivity contribution is 6.10. The third kappa shape index (κ3) is 4.26. The third-order valence-corrected chi connectivity index (χ3v) is 6.17. The van der Waals surface area contributed by atoms with Crippen LogP contribution in [0.3, 0.4) is 0 Å². The maximum absolute atomic E-state index is 13.0. The van der Waals surface area contributed by atoms with Crippen molar-refractivity contribution < 1.29 is 19.1 Å². The predicted octanol–water partition coefficient (Wildman–Crippen LogP) is 4.23. The molecule has 0 radical (unpaired) electrons. The van der Waals surface area contributed by atoms with Crippen LogP contribution < -0.4 is 15.4 Å². The van der Waals surface area contributed by atoms with Crippen LogP contribution in [-0.4, -0.2) is 34.8 Å². The molecule has 31 heavy (non-hydrogen) atoms. The van der Waals surface area contributed by atoms with Crippen molar-refractivity contribution in [2.75, 3.05) is 11.9 Å². The molecule has 2 aromatic carbocycles. The summed E-state index contributed by atoms with van der Waals surface area (Å²) in [5.74, 6) is 0.733. The number of nitrogens with one attached hydrogen (secondary N) is 2. The maximum atomic E-state index is 13.0. The number of carbonyl (C=O) groups excluding carboxylic acids is 3. The summed E-state index contributed by atoms with van der Waals surface area (Å²) in [7, 11) is 0. The Balaban J connectivity index is 1.36. The van der Waals surface area contributed by atoms with Gasteiger partial charge in [-0.2, -0.15) is 0 Å². The van der Waals surface area contributed by atoms with Gasteiger partial charge in [-0.1, -0.05) is 31.9 Å². The highest BCUT2D eigenvalue weighted by Crippen LogP contribution is 2.38. The van der Waals surface area contributed by atoms with Crippen molar-refractivity contribution in [1.82, 2.24) is 10.2 Å². The highest BCUT2D eigenvalue weighted by Gasteiger charge is 2.55. The normalized spacial score (nSPS) is 23.0. The smallest absolute Gasteiger partial charge is 0.325 e. The summed E-state index contributed by atoms with van der Waals surface area (Å²) < 4.78 is 5.81. The van der Waals surface area contributed by atoms with Crippen molar-refractivity contribution in [3.63, 3.8) is 0 Å². The van der Waals surface area contributed by atoms with Crippen LogP contribution in [0.5, 0.6) is 11.5 Å². The Bertz CT molecular complexity index is 1000. The summed E-state index contributed by atoms with van der Waals surface area (Å²) in [5.41, 5.74) is 0.811. The second-order valence-corrected chi connectivity index (χ2v) is 8.43. The van der Waals surface area contributed by atoms with Crippen molar-refractivity contribution >= 4 is 23.5 Å². The molecule has 1 aliphatic heterocycles. The summed E-state index contributed by atoms with van der Waals surface area (Å²) in [6.45, 7) is 3.68. The summed E-state index contributed by atoms with van der Waals surface area (Å²) in [6, 6.07) is 14.2.